The molecule has 1 aromatic carbocycles. The van der Waals surface area contributed by atoms with E-state index in [4.69, 9.17) is 4.42 Å². The number of halogens is 1. The number of benzene rings is 1. The molecular weight excluding hydrogens is 471 g/mol. The number of nitrogens with zero attached hydrogens (tertiary/aromatic N) is 5. The summed E-state index contributed by atoms with van der Waals surface area (Å²) in [6, 6.07) is 11.9. The molecule has 4 rings (SSSR count). The average molecular weight is 497 g/mol. The quantitative estimate of drug-likeness (QED) is 0.398. The monoisotopic (exact) mass is 496 g/mol. The molecule has 1 atom stereocenters. The van der Waals surface area contributed by atoms with Crippen molar-refractivity contribution >= 4 is 23.2 Å². The number of thiophene rings is 1. The molecule has 0 spiro atoms. The molecule has 2 amide bonds. The molecule has 3 aromatic heterocycles. The van der Waals surface area contributed by atoms with E-state index in [9.17, 15) is 14.0 Å². The number of nitrogens with one attached hydrogen (secondary N) is 1. The summed E-state index contributed by atoms with van der Waals surface area (Å²) in [5.41, 5.74) is 0.0716. The van der Waals surface area contributed by atoms with Gasteiger partial charge in [0.25, 0.3) is 0 Å². The highest BCUT2D eigenvalue weighted by Crippen LogP contribution is 2.28. The Bertz CT molecular complexity index is 1260. The van der Waals surface area contributed by atoms with Crippen LogP contribution in [0.4, 0.5) is 4.39 Å². The Balaban J connectivity index is 1.63. The fourth-order valence-electron chi connectivity index (χ4n) is 3.44. The van der Waals surface area contributed by atoms with Crippen molar-refractivity contribution in [2.45, 2.75) is 45.4 Å². The van der Waals surface area contributed by atoms with Gasteiger partial charge in [0.05, 0.1) is 12.8 Å². The topological polar surface area (TPSA) is 106 Å². The molecule has 0 radical (unpaired) electrons. The molecule has 11 heteroatoms. The summed E-state index contributed by atoms with van der Waals surface area (Å²) in [4.78, 5) is 30.3. The molecule has 182 valence electrons. The average Bonchev–Trinajstić information content (AvgIpc) is 3.56. The maximum atomic E-state index is 13.6. The van der Waals surface area contributed by atoms with Crippen LogP contribution in [0, 0.1) is 5.82 Å². The van der Waals surface area contributed by atoms with Gasteiger partial charge in [-0.25, -0.2) is 4.39 Å². The second kappa shape index (κ2) is 10.2. The molecule has 0 unspecified atom stereocenters. The summed E-state index contributed by atoms with van der Waals surface area (Å²) in [6.07, 6.45) is 1.52. The second-order valence-electron chi connectivity index (χ2n) is 8.91. The number of carbonyl (C=O) groups is 2. The van der Waals surface area contributed by atoms with Gasteiger partial charge in [0.15, 0.2) is 0 Å². The summed E-state index contributed by atoms with van der Waals surface area (Å²) < 4.78 is 18.7. The molecule has 1 N–H and O–H groups in total. The summed E-state index contributed by atoms with van der Waals surface area (Å²) in [7, 11) is 0. The zero-order valence-corrected chi connectivity index (χ0v) is 20.3. The lowest BCUT2D eigenvalue weighted by atomic mass is 10.1. The van der Waals surface area contributed by atoms with Crippen molar-refractivity contribution in [1.82, 2.24) is 30.4 Å². The van der Waals surface area contributed by atoms with Crippen molar-refractivity contribution in [2.75, 3.05) is 0 Å². The Morgan fingerprint density at radius 3 is 2.57 bits per heavy atom. The Hall–Kier alpha value is -3.86. The van der Waals surface area contributed by atoms with Crippen molar-refractivity contribution in [3.05, 3.63) is 76.6 Å². The second-order valence-corrected chi connectivity index (χ2v) is 9.89. The molecule has 0 aliphatic rings. The summed E-state index contributed by atoms with van der Waals surface area (Å²) in [5, 5.41) is 17.0. The van der Waals surface area contributed by atoms with Crippen molar-refractivity contribution < 1.29 is 18.4 Å². The molecule has 4 aromatic rings. The summed E-state index contributed by atoms with van der Waals surface area (Å²) >= 11 is 1.39. The number of furan rings is 1. The molecule has 9 nitrogen and oxygen atoms in total. The van der Waals surface area contributed by atoms with E-state index in [0.29, 0.717) is 16.2 Å². The number of tetrazole rings is 1. The van der Waals surface area contributed by atoms with Gasteiger partial charge in [-0.3, -0.25) is 9.59 Å². The number of hydrogen-bond acceptors (Lipinski definition) is 7. The predicted octanol–water partition coefficient (Wildman–Crippen LogP) is 3.82. The van der Waals surface area contributed by atoms with Crippen LogP contribution in [0.15, 0.2) is 64.6 Å². The summed E-state index contributed by atoms with van der Waals surface area (Å²) in [5.74, 6) is -0.291. The van der Waals surface area contributed by atoms with E-state index in [1.165, 1.54) is 46.8 Å². The van der Waals surface area contributed by atoms with Crippen LogP contribution in [0.25, 0.3) is 11.4 Å². The SMILES string of the molecule is CC(C)(C)NC(=O)[C@H](c1cccs1)N(Cc1ccco1)C(=O)Cn1nnc(-c2ccc(F)cc2)n1. The van der Waals surface area contributed by atoms with Crippen LogP contribution in [0.5, 0.6) is 0 Å². The molecule has 0 aliphatic carbocycles. The number of rotatable bonds is 8. The highest BCUT2D eigenvalue weighted by molar-refractivity contribution is 7.10. The van der Waals surface area contributed by atoms with Crippen LogP contribution in [0.1, 0.15) is 37.5 Å². The molecule has 3 heterocycles. The Morgan fingerprint density at radius 1 is 1.17 bits per heavy atom. The Morgan fingerprint density at radius 2 is 1.94 bits per heavy atom. The van der Waals surface area contributed by atoms with Crippen molar-refractivity contribution in [3.63, 3.8) is 0 Å². The van der Waals surface area contributed by atoms with Crippen molar-refractivity contribution in [2.24, 2.45) is 0 Å². The highest BCUT2D eigenvalue weighted by atomic mass is 32.1. The molecule has 35 heavy (non-hydrogen) atoms. The Labute approximate surface area is 205 Å². The van der Waals surface area contributed by atoms with E-state index in [-0.39, 0.29) is 30.6 Å². The van der Waals surface area contributed by atoms with Gasteiger partial charge in [0.2, 0.25) is 17.6 Å². The first-order valence-corrected chi connectivity index (χ1v) is 11.8. The van der Waals surface area contributed by atoms with Gasteiger partial charge in [-0.1, -0.05) is 6.07 Å². The number of amides is 2. The van der Waals surface area contributed by atoms with Crippen molar-refractivity contribution in [3.8, 4) is 11.4 Å². The minimum absolute atomic E-state index is 0.0749. The highest BCUT2D eigenvalue weighted by Gasteiger charge is 2.35. The fraction of sp³-hybridized carbons (Fsp3) is 0.292. The minimum Gasteiger partial charge on any atom is -0.467 e. The molecular formula is C24H25FN6O3S. The van der Waals surface area contributed by atoms with E-state index in [0.717, 1.165) is 4.80 Å². The normalized spacial score (nSPS) is 12.3. The van der Waals surface area contributed by atoms with Crippen LogP contribution >= 0.6 is 11.3 Å². The largest absolute Gasteiger partial charge is 0.467 e. The lowest BCUT2D eigenvalue weighted by Crippen LogP contribution is -2.49. The van der Waals surface area contributed by atoms with Gasteiger partial charge in [0.1, 0.15) is 24.2 Å². The smallest absolute Gasteiger partial charge is 0.248 e. The van der Waals surface area contributed by atoms with Gasteiger partial charge in [-0.15, -0.1) is 21.5 Å². The van der Waals surface area contributed by atoms with Gasteiger partial charge in [-0.05, 0) is 73.8 Å². The fourth-order valence-corrected chi connectivity index (χ4v) is 4.27. The third kappa shape index (κ3) is 6.18. The van der Waals surface area contributed by atoms with Crippen LogP contribution < -0.4 is 5.32 Å². The Kier molecular flexibility index (Phi) is 7.06. The van der Waals surface area contributed by atoms with E-state index in [1.807, 2.05) is 38.3 Å². The van der Waals surface area contributed by atoms with Crippen molar-refractivity contribution in [1.29, 1.82) is 0 Å². The third-order valence-electron chi connectivity index (χ3n) is 4.93. The van der Waals surface area contributed by atoms with Crippen LogP contribution in [-0.4, -0.2) is 42.5 Å². The minimum atomic E-state index is -0.882. The van der Waals surface area contributed by atoms with Gasteiger partial charge in [0, 0.05) is 16.0 Å². The van der Waals surface area contributed by atoms with Crippen LogP contribution in [-0.2, 0) is 22.7 Å². The molecule has 0 fully saturated rings. The van der Waals surface area contributed by atoms with E-state index < -0.39 is 17.5 Å². The standard InChI is InChI=1S/C24H25FN6O3S/c1-24(2,3)26-23(33)21(19-7-5-13-35-19)30(14-18-6-4-12-34-18)20(32)15-31-28-22(27-29-31)16-8-10-17(25)11-9-16/h4-13,21H,14-15H2,1-3H3,(H,26,33)/t21-/m0/s1. The predicted molar refractivity (Wildman–Crippen MR) is 127 cm³/mol. The van der Waals surface area contributed by atoms with Gasteiger partial charge >= 0.3 is 0 Å². The number of hydrogen-bond donors (Lipinski definition) is 1. The number of carbonyl (C=O) groups excluding carboxylic acids is 2. The lowest BCUT2D eigenvalue weighted by Gasteiger charge is -2.32. The molecule has 0 bridgehead atoms. The molecule has 0 aliphatic heterocycles. The van der Waals surface area contributed by atoms with Gasteiger partial charge in [-0.2, -0.15) is 4.80 Å². The van der Waals surface area contributed by atoms with E-state index in [2.05, 4.69) is 20.7 Å². The first kappa shape index (κ1) is 24.3. The first-order valence-electron chi connectivity index (χ1n) is 10.9. The van der Waals surface area contributed by atoms with Crippen LogP contribution in [0.3, 0.4) is 0 Å². The van der Waals surface area contributed by atoms with E-state index in [1.54, 1.807) is 12.1 Å². The third-order valence-corrected chi connectivity index (χ3v) is 5.85. The lowest BCUT2D eigenvalue weighted by molar-refractivity contribution is -0.143. The first-order chi connectivity index (χ1) is 16.7. The van der Waals surface area contributed by atoms with Gasteiger partial charge < -0.3 is 14.6 Å². The van der Waals surface area contributed by atoms with Crippen LogP contribution in [0.2, 0.25) is 0 Å². The van der Waals surface area contributed by atoms with E-state index >= 15 is 0 Å². The molecule has 0 saturated heterocycles. The zero-order valence-electron chi connectivity index (χ0n) is 19.5. The maximum Gasteiger partial charge on any atom is 0.248 e. The maximum absolute atomic E-state index is 13.6. The number of aromatic nitrogens is 4. The zero-order chi connectivity index (χ0) is 25.0. The molecule has 0 saturated carbocycles. The summed E-state index contributed by atoms with van der Waals surface area (Å²) in [6.45, 7) is 5.47.